The maximum Gasteiger partial charge on any atom is 0.408 e. The number of Topliss-reactive ketones (excluding diaryl/α,β-unsaturated/α-hetero) is 1. The first-order valence-corrected chi connectivity index (χ1v) is 11.2. The van der Waals surface area contributed by atoms with E-state index in [0.29, 0.717) is 0 Å². The van der Waals surface area contributed by atoms with Gasteiger partial charge in [0, 0.05) is 19.3 Å². The normalized spacial score (nSPS) is 15.0. The molecule has 0 radical (unpaired) electrons. The number of aliphatic hydroxyl groups excluding tert-OH is 1. The lowest BCUT2D eigenvalue weighted by atomic mass is 10.1. The zero-order valence-electron chi connectivity index (χ0n) is 22.2. The average Bonchev–Trinajstić information content (AvgIpc) is 2.81. The van der Waals surface area contributed by atoms with Crippen LogP contribution in [0, 0.1) is 0 Å². The number of carboxylic acids is 4. The van der Waals surface area contributed by atoms with Gasteiger partial charge in [-0.1, -0.05) is 0 Å². The number of alkyl carbamates (subject to hydrolysis) is 1. The van der Waals surface area contributed by atoms with Gasteiger partial charge in [0.15, 0.2) is 24.3 Å². The van der Waals surface area contributed by atoms with Crippen molar-refractivity contribution < 1.29 is 77.0 Å². The predicted octanol–water partition coefficient (Wildman–Crippen LogP) is -1.92. The van der Waals surface area contributed by atoms with E-state index in [9.17, 15) is 46.7 Å². The van der Waals surface area contributed by atoms with E-state index in [4.69, 9.17) is 41.7 Å². The number of halogens is 3. The quantitative estimate of drug-likeness (QED) is 0.104. The number of amides is 2. The Balaban J connectivity index is -0.000000564. The largest absolute Gasteiger partial charge is 0.480 e. The summed E-state index contributed by atoms with van der Waals surface area (Å²) in [6.45, 7) is 3.71. The Bertz CT molecular complexity index is 844. The third-order valence-corrected chi connectivity index (χ3v) is 4.07. The zero-order chi connectivity index (χ0) is 33.2. The SMILES string of the molecule is CC(C)(C)OC(=O)NC(CC(F)C(=O)CO)C(=O)O.NC(=O)C(F)CC(N)C(=O)O.NC(CC(F)C(=O)O)C(=O)O. The van der Waals surface area contributed by atoms with Crippen LogP contribution in [0.3, 0.4) is 0 Å². The molecule has 0 aliphatic rings. The number of aliphatic hydroxyl groups is 1. The summed E-state index contributed by atoms with van der Waals surface area (Å²) < 4.78 is 42.6. The van der Waals surface area contributed by atoms with Crippen molar-refractivity contribution in [1.29, 1.82) is 0 Å². The molecule has 238 valence electrons. The lowest BCUT2D eigenvalue weighted by molar-refractivity contribution is -0.145. The van der Waals surface area contributed by atoms with Crippen molar-refractivity contribution in [2.75, 3.05) is 6.61 Å². The van der Waals surface area contributed by atoms with E-state index in [0.717, 1.165) is 0 Å². The van der Waals surface area contributed by atoms with Gasteiger partial charge in [0.1, 0.15) is 30.3 Å². The molecule has 0 rings (SSSR count). The number of carbonyl (C=O) groups is 7. The summed E-state index contributed by atoms with van der Waals surface area (Å²) in [6, 6.07) is -4.45. The Hall–Kier alpha value is -4.04. The van der Waals surface area contributed by atoms with Crippen LogP contribution >= 0.6 is 0 Å². The van der Waals surface area contributed by atoms with Gasteiger partial charge < -0.3 is 52.8 Å². The molecule has 0 aliphatic carbocycles. The second-order valence-electron chi connectivity index (χ2n) is 8.90. The molecule has 0 bridgehead atoms. The number of carbonyl (C=O) groups excluding carboxylic acids is 3. The van der Waals surface area contributed by atoms with Crippen LogP contribution in [0.5, 0.6) is 0 Å². The minimum atomic E-state index is -2.21. The molecule has 6 atom stereocenters. The molecular formula is C21H35F3N4O13. The molecule has 0 aromatic rings. The van der Waals surface area contributed by atoms with E-state index in [1.165, 1.54) is 0 Å². The Labute approximate surface area is 230 Å². The van der Waals surface area contributed by atoms with Crippen LogP contribution in [-0.2, 0) is 33.5 Å². The topological polar surface area (TPSA) is 320 Å². The highest BCUT2D eigenvalue weighted by atomic mass is 19.1. The molecule has 0 saturated heterocycles. The first kappa shape index (κ1) is 41.4. The molecule has 2 amide bonds. The second kappa shape index (κ2) is 19.9. The van der Waals surface area contributed by atoms with Crippen molar-refractivity contribution in [2.45, 2.75) is 82.3 Å². The molecule has 0 saturated carbocycles. The Morgan fingerprint density at radius 1 is 0.732 bits per heavy atom. The van der Waals surface area contributed by atoms with E-state index in [1.807, 2.05) is 5.32 Å². The summed E-state index contributed by atoms with van der Waals surface area (Å²) in [7, 11) is 0. The van der Waals surface area contributed by atoms with Gasteiger partial charge in [-0.05, 0) is 20.8 Å². The van der Waals surface area contributed by atoms with Crippen LogP contribution in [0.2, 0.25) is 0 Å². The van der Waals surface area contributed by atoms with Crippen LogP contribution < -0.4 is 22.5 Å². The van der Waals surface area contributed by atoms with E-state index < -0.39 is 110 Å². The highest BCUT2D eigenvalue weighted by molar-refractivity contribution is 5.86. The lowest BCUT2D eigenvalue weighted by Gasteiger charge is -2.22. The molecular weight excluding hydrogens is 573 g/mol. The molecule has 0 aliphatic heterocycles. The standard InChI is InChI=1S/C11H18FNO6.C5H9FN2O3.C5H8FNO4/c1-11(2,3)19-10(18)13-7(9(16)17)4-6(12)8(15)5-14;2*6-2(4(8)9)1-3(7)5(10)11/h6-7,14H,4-5H2,1-3H3,(H,13,18)(H,16,17);2-3H,1,7H2,(H2,8,9)(H,10,11);2-3H,1,7H2,(H,8,9)(H,10,11). The summed E-state index contributed by atoms with van der Waals surface area (Å²) in [5.74, 6) is -8.29. The van der Waals surface area contributed by atoms with Gasteiger partial charge in [-0.2, -0.15) is 0 Å². The minimum Gasteiger partial charge on any atom is -0.480 e. The number of hydrogen-bond donors (Lipinski definition) is 9. The highest BCUT2D eigenvalue weighted by Gasteiger charge is 2.29. The van der Waals surface area contributed by atoms with Crippen molar-refractivity contribution in [3.8, 4) is 0 Å². The Morgan fingerprint density at radius 3 is 1.44 bits per heavy atom. The molecule has 12 N–H and O–H groups in total. The number of aliphatic carboxylic acids is 4. The summed E-state index contributed by atoms with van der Waals surface area (Å²) in [4.78, 5) is 72.9. The van der Waals surface area contributed by atoms with E-state index in [1.54, 1.807) is 20.8 Å². The molecule has 17 nitrogen and oxygen atoms in total. The molecule has 41 heavy (non-hydrogen) atoms. The number of alkyl halides is 3. The average molecular weight is 609 g/mol. The molecule has 0 heterocycles. The van der Waals surface area contributed by atoms with Crippen molar-refractivity contribution in [1.82, 2.24) is 5.32 Å². The number of rotatable bonds is 14. The maximum atomic E-state index is 13.2. The van der Waals surface area contributed by atoms with Gasteiger partial charge in [-0.25, -0.2) is 27.6 Å². The van der Waals surface area contributed by atoms with E-state index >= 15 is 0 Å². The number of nitrogens with two attached hydrogens (primary N) is 3. The van der Waals surface area contributed by atoms with Gasteiger partial charge in [0.05, 0.1) is 0 Å². The number of ether oxygens (including phenoxy) is 1. The fourth-order valence-electron chi connectivity index (χ4n) is 1.97. The Kier molecular flexibility index (Phi) is 20.1. The minimum absolute atomic E-state index is 0.579. The van der Waals surface area contributed by atoms with Crippen molar-refractivity contribution in [2.24, 2.45) is 17.2 Å². The summed E-state index contributed by atoms with van der Waals surface area (Å²) in [5.41, 5.74) is 13.5. The van der Waals surface area contributed by atoms with Crippen LogP contribution in [0.4, 0.5) is 18.0 Å². The number of ketones is 1. The zero-order valence-corrected chi connectivity index (χ0v) is 22.2. The second-order valence-corrected chi connectivity index (χ2v) is 8.90. The van der Waals surface area contributed by atoms with Gasteiger partial charge >= 0.3 is 30.0 Å². The van der Waals surface area contributed by atoms with Crippen LogP contribution in [0.15, 0.2) is 0 Å². The van der Waals surface area contributed by atoms with Crippen LogP contribution in [0.1, 0.15) is 40.0 Å². The molecule has 0 fully saturated rings. The number of primary amides is 1. The third kappa shape index (κ3) is 22.5. The molecule has 0 aromatic carbocycles. The van der Waals surface area contributed by atoms with Gasteiger partial charge in [0.2, 0.25) is 0 Å². The van der Waals surface area contributed by atoms with Gasteiger partial charge in [0.25, 0.3) is 5.91 Å². The van der Waals surface area contributed by atoms with Crippen LogP contribution in [0.25, 0.3) is 0 Å². The van der Waals surface area contributed by atoms with Crippen molar-refractivity contribution >= 4 is 41.7 Å². The number of nitrogens with one attached hydrogen (secondary N) is 1. The van der Waals surface area contributed by atoms with E-state index in [2.05, 4.69) is 5.73 Å². The summed E-state index contributed by atoms with van der Waals surface area (Å²) >= 11 is 0. The van der Waals surface area contributed by atoms with E-state index in [-0.39, 0.29) is 0 Å². The lowest BCUT2D eigenvalue weighted by Crippen LogP contribution is -2.45. The molecule has 0 spiro atoms. The highest BCUT2D eigenvalue weighted by Crippen LogP contribution is 2.09. The van der Waals surface area contributed by atoms with Crippen molar-refractivity contribution in [3.63, 3.8) is 0 Å². The van der Waals surface area contributed by atoms with Crippen molar-refractivity contribution in [3.05, 3.63) is 0 Å². The number of carboxylic acid groups (broad SMARTS) is 4. The smallest absolute Gasteiger partial charge is 0.408 e. The fraction of sp³-hybridized carbons (Fsp3) is 0.667. The third-order valence-electron chi connectivity index (χ3n) is 4.07. The summed E-state index contributed by atoms with van der Waals surface area (Å²) in [5, 5.41) is 43.5. The first-order chi connectivity index (χ1) is 18.5. The molecule has 0 aromatic heterocycles. The maximum absolute atomic E-state index is 13.2. The first-order valence-electron chi connectivity index (χ1n) is 11.2. The molecule has 6 unspecified atom stereocenters. The fourth-order valence-corrected chi connectivity index (χ4v) is 1.97. The van der Waals surface area contributed by atoms with Gasteiger partial charge in [-0.3, -0.25) is 19.2 Å². The Morgan fingerprint density at radius 2 is 1.15 bits per heavy atom. The van der Waals surface area contributed by atoms with Crippen LogP contribution in [-0.4, -0.2) is 116 Å². The molecule has 20 heteroatoms. The summed E-state index contributed by atoms with van der Waals surface area (Å²) in [6.07, 6.45) is -9.43. The number of hydrogen-bond acceptors (Lipinski definition) is 11. The monoisotopic (exact) mass is 608 g/mol. The predicted molar refractivity (Wildman–Crippen MR) is 129 cm³/mol. The van der Waals surface area contributed by atoms with Gasteiger partial charge in [-0.15, -0.1) is 0 Å².